The minimum atomic E-state index is -1.12. The van der Waals surface area contributed by atoms with Crippen LogP contribution in [0.15, 0.2) is 53.6 Å². The number of hydrogen-bond acceptors (Lipinski definition) is 5. The fourth-order valence-corrected chi connectivity index (χ4v) is 2.60. The van der Waals surface area contributed by atoms with Crippen LogP contribution in [-0.2, 0) is 11.3 Å². The molecule has 0 aliphatic rings. The summed E-state index contributed by atoms with van der Waals surface area (Å²) in [5, 5.41) is 17.5. The lowest BCUT2D eigenvalue weighted by Crippen LogP contribution is -2.38. The smallest absolute Gasteiger partial charge is 0.305 e. The van der Waals surface area contributed by atoms with Gasteiger partial charge in [0.25, 0.3) is 11.8 Å². The summed E-state index contributed by atoms with van der Waals surface area (Å²) in [6.07, 6.45) is -0.362. The highest BCUT2D eigenvalue weighted by molar-refractivity contribution is 5.95. The number of rotatable bonds is 10. The van der Waals surface area contributed by atoms with E-state index in [-0.39, 0.29) is 25.4 Å². The van der Waals surface area contributed by atoms with Gasteiger partial charge in [-0.05, 0) is 41.4 Å². The lowest BCUT2D eigenvalue weighted by molar-refractivity contribution is -0.137. The van der Waals surface area contributed by atoms with Crippen LogP contribution in [0, 0.1) is 0 Å². The highest BCUT2D eigenvalue weighted by Crippen LogP contribution is 2.13. The number of ether oxygens (including phenoxy) is 1. The number of azide groups is 1. The van der Waals surface area contributed by atoms with E-state index in [0.717, 1.165) is 5.56 Å². The Morgan fingerprint density at radius 3 is 2.50 bits per heavy atom. The molecular formula is C20H21N5O5. The Morgan fingerprint density at radius 2 is 1.87 bits per heavy atom. The summed E-state index contributed by atoms with van der Waals surface area (Å²) in [5.74, 6) is -1.28. The molecule has 10 heteroatoms. The van der Waals surface area contributed by atoms with E-state index in [1.165, 1.54) is 7.11 Å². The average Bonchev–Trinajstić information content (AvgIpc) is 2.75. The first-order valence-corrected chi connectivity index (χ1v) is 8.97. The van der Waals surface area contributed by atoms with E-state index in [1.807, 2.05) is 0 Å². The number of carboxylic acid groups (broad SMARTS) is 1. The first-order chi connectivity index (χ1) is 14.4. The van der Waals surface area contributed by atoms with Gasteiger partial charge in [0.2, 0.25) is 0 Å². The number of nitrogens with zero attached hydrogens (tertiary/aromatic N) is 3. The van der Waals surface area contributed by atoms with Crippen LogP contribution in [0.5, 0.6) is 5.75 Å². The van der Waals surface area contributed by atoms with E-state index in [1.54, 1.807) is 48.5 Å². The predicted octanol–water partition coefficient (Wildman–Crippen LogP) is 2.51. The van der Waals surface area contributed by atoms with Gasteiger partial charge in [0.15, 0.2) is 0 Å². The Morgan fingerprint density at radius 1 is 1.13 bits per heavy atom. The van der Waals surface area contributed by atoms with Crippen molar-refractivity contribution in [3.63, 3.8) is 0 Å². The van der Waals surface area contributed by atoms with Crippen LogP contribution >= 0.6 is 0 Å². The maximum atomic E-state index is 12.3. The molecule has 0 radical (unpaired) electrons. The largest absolute Gasteiger partial charge is 0.497 e. The van der Waals surface area contributed by atoms with Crippen molar-refractivity contribution < 1.29 is 24.2 Å². The van der Waals surface area contributed by atoms with E-state index in [2.05, 4.69) is 20.7 Å². The molecule has 0 aromatic heterocycles. The number of carboxylic acids is 1. The van der Waals surface area contributed by atoms with Gasteiger partial charge in [0.1, 0.15) is 5.75 Å². The van der Waals surface area contributed by atoms with Crippen molar-refractivity contribution in [2.45, 2.75) is 19.0 Å². The highest BCUT2D eigenvalue weighted by Gasteiger charge is 2.16. The Kier molecular flexibility index (Phi) is 8.22. The van der Waals surface area contributed by atoms with E-state index in [0.29, 0.717) is 16.9 Å². The summed E-state index contributed by atoms with van der Waals surface area (Å²) in [6, 6.07) is 12.5. The van der Waals surface area contributed by atoms with Crippen LogP contribution in [0.25, 0.3) is 10.4 Å². The van der Waals surface area contributed by atoms with Crippen molar-refractivity contribution in [3.05, 3.63) is 75.7 Å². The molecule has 0 aliphatic carbocycles. The molecule has 0 saturated carbocycles. The van der Waals surface area contributed by atoms with Crippen molar-refractivity contribution in [3.8, 4) is 5.75 Å². The SMILES string of the molecule is COc1cccc(C(=O)NCc2ccc(C(=O)N[C@H](CN=[N+]=[N-])CC(=O)O)cc2)c1. The van der Waals surface area contributed by atoms with Gasteiger partial charge in [-0.15, -0.1) is 0 Å². The zero-order valence-electron chi connectivity index (χ0n) is 16.2. The molecule has 10 nitrogen and oxygen atoms in total. The van der Waals surface area contributed by atoms with Crippen molar-refractivity contribution in [1.82, 2.24) is 10.6 Å². The topological polar surface area (TPSA) is 153 Å². The van der Waals surface area contributed by atoms with Crippen LogP contribution in [-0.4, -0.2) is 42.6 Å². The molecule has 0 fully saturated rings. The molecule has 0 saturated heterocycles. The lowest BCUT2D eigenvalue weighted by atomic mass is 10.1. The third kappa shape index (κ3) is 6.84. The molecule has 0 bridgehead atoms. The number of nitrogens with one attached hydrogen (secondary N) is 2. The number of aliphatic carboxylic acids is 1. The second-order valence-corrected chi connectivity index (χ2v) is 6.29. The predicted molar refractivity (Wildman–Crippen MR) is 108 cm³/mol. The standard InChI is InChI=1S/C20H21N5O5/c1-30-17-4-2-3-15(9-17)19(28)22-11-13-5-7-14(8-6-13)20(29)24-16(10-18(26)27)12-23-25-21/h2-9,16H,10-12H2,1H3,(H,22,28)(H,24,29)(H,26,27)/t16-/m0/s1. The fourth-order valence-electron chi connectivity index (χ4n) is 2.60. The number of methoxy groups -OCH3 is 1. The molecule has 2 aromatic rings. The second kappa shape index (κ2) is 11.1. The normalized spacial score (nSPS) is 11.0. The molecular weight excluding hydrogens is 390 g/mol. The van der Waals surface area contributed by atoms with Gasteiger partial charge < -0.3 is 20.5 Å². The van der Waals surface area contributed by atoms with Crippen molar-refractivity contribution in [1.29, 1.82) is 0 Å². The van der Waals surface area contributed by atoms with Gasteiger partial charge in [0.05, 0.1) is 13.5 Å². The number of hydrogen-bond donors (Lipinski definition) is 3. The minimum Gasteiger partial charge on any atom is -0.497 e. The van der Waals surface area contributed by atoms with Gasteiger partial charge in [-0.25, -0.2) is 0 Å². The molecule has 2 rings (SSSR count). The third-order valence-corrected chi connectivity index (χ3v) is 4.12. The van der Waals surface area contributed by atoms with E-state index >= 15 is 0 Å². The molecule has 2 aromatic carbocycles. The summed E-state index contributed by atoms with van der Waals surface area (Å²) in [7, 11) is 1.52. The summed E-state index contributed by atoms with van der Waals surface area (Å²) < 4.78 is 5.10. The molecule has 0 heterocycles. The first kappa shape index (κ1) is 22.3. The zero-order valence-corrected chi connectivity index (χ0v) is 16.2. The van der Waals surface area contributed by atoms with Gasteiger partial charge in [-0.2, -0.15) is 0 Å². The second-order valence-electron chi connectivity index (χ2n) is 6.29. The van der Waals surface area contributed by atoms with Gasteiger partial charge in [-0.3, -0.25) is 14.4 Å². The maximum Gasteiger partial charge on any atom is 0.305 e. The molecule has 3 N–H and O–H groups in total. The number of carbonyl (C=O) groups excluding carboxylic acids is 2. The fraction of sp³-hybridized carbons (Fsp3) is 0.250. The number of amides is 2. The Balaban J connectivity index is 1.94. The maximum absolute atomic E-state index is 12.3. The van der Waals surface area contributed by atoms with Crippen LogP contribution in [0.3, 0.4) is 0 Å². The Labute approximate surface area is 172 Å². The molecule has 30 heavy (non-hydrogen) atoms. The Hall–Kier alpha value is -4.04. The van der Waals surface area contributed by atoms with Crippen LogP contribution in [0.2, 0.25) is 0 Å². The monoisotopic (exact) mass is 411 g/mol. The molecule has 0 unspecified atom stereocenters. The first-order valence-electron chi connectivity index (χ1n) is 8.97. The molecule has 156 valence electrons. The minimum absolute atomic E-state index is 0.164. The van der Waals surface area contributed by atoms with Gasteiger partial charge >= 0.3 is 5.97 Å². The Bertz CT molecular complexity index is 950. The van der Waals surface area contributed by atoms with E-state index < -0.39 is 17.9 Å². The quantitative estimate of drug-likeness (QED) is 0.311. The van der Waals surface area contributed by atoms with Gasteiger partial charge in [-0.1, -0.05) is 23.3 Å². The van der Waals surface area contributed by atoms with Crippen LogP contribution < -0.4 is 15.4 Å². The summed E-state index contributed by atoms with van der Waals surface area (Å²) in [4.78, 5) is 38.0. The van der Waals surface area contributed by atoms with E-state index in [4.69, 9.17) is 15.4 Å². The van der Waals surface area contributed by atoms with Crippen LogP contribution in [0.1, 0.15) is 32.7 Å². The summed E-state index contributed by atoms with van der Waals surface area (Å²) in [5.41, 5.74) is 9.94. The highest BCUT2D eigenvalue weighted by atomic mass is 16.5. The van der Waals surface area contributed by atoms with Crippen molar-refractivity contribution >= 4 is 17.8 Å². The molecule has 0 aliphatic heterocycles. The van der Waals surface area contributed by atoms with E-state index in [9.17, 15) is 14.4 Å². The molecule has 1 atom stereocenters. The average molecular weight is 411 g/mol. The molecule has 2 amide bonds. The summed E-state index contributed by atoms with van der Waals surface area (Å²) >= 11 is 0. The third-order valence-electron chi connectivity index (χ3n) is 4.12. The van der Waals surface area contributed by atoms with Crippen molar-refractivity contribution in [2.24, 2.45) is 5.11 Å². The van der Waals surface area contributed by atoms with Gasteiger partial charge in [0, 0.05) is 35.2 Å². The van der Waals surface area contributed by atoms with Crippen molar-refractivity contribution in [2.75, 3.05) is 13.7 Å². The van der Waals surface area contributed by atoms with Crippen LogP contribution in [0.4, 0.5) is 0 Å². The number of benzene rings is 2. The zero-order chi connectivity index (χ0) is 21.9. The number of carbonyl (C=O) groups is 3. The molecule has 0 spiro atoms. The summed E-state index contributed by atoms with van der Waals surface area (Å²) in [6.45, 7) is 0.0966. The lowest BCUT2D eigenvalue weighted by Gasteiger charge is -2.14.